The molecule has 0 unspecified atom stereocenters. The van der Waals surface area contributed by atoms with Crippen LogP contribution in [0.15, 0.2) is 30.3 Å². The van der Waals surface area contributed by atoms with Crippen LogP contribution in [0.2, 0.25) is 0 Å². The molecule has 8 heteroatoms. The molecule has 178 valence electrons. The molecule has 8 nitrogen and oxygen atoms in total. The van der Waals surface area contributed by atoms with E-state index in [9.17, 15) is 4.79 Å². The molecular weight excluding hydrogens is 424 g/mol. The van der Waals surface area contributed by atoms with E-state index in [4.69, 9.17) is 23.7 Å². The van der Waals surface area contributed by atoms with Gasteiger partial charge in [-0.2, -0.15) is 0 Å². The van der Waals surface area contributed by atoms with Crippen molar-refractivity contribution in [2.24, 2.45) is 0 Å². The van der Waals surface area contributed by atoms with E-state index in [-0.39, 0.29) is 12.7 Å². The van der Waals surface area contributed by atoms with E-state index in [0.717, 1.165) is 67.4 Å². The zero-order valence-corrected chi connectivity index (χ0v) is 19.6. The Labute approximate surface area is 194 Å². The van der Waals surface area contributed by atoms with Crippen LogP contribution >= 0.6 is 0 Å². The fourth-order valence-electron chi connectivity index (χ4n) is 4.18. The number of ether oxygens (including phenoxy) is 5. The lowest BCUT2D eigenvalue weighted by Gasteiger charge is -2.23. The Morgan fingerprint density at radius 3 is 2.55 bits per heavy atom. The van der Waals surface area contributed by atoms with Gasteiger partial charge in [-0.25, -0.2) is 0 Å². The lowest BCUT2D eigenvalue weighted by Crippen LogP contribution is -2.35. The molecule has 0 spiro atoms. The van der Waals surface area contributed by atoms with Crippen molar-refractivity contribution >= 4 is 5.91 Å². The van der Waals surface area contributed by atoms with Gasteiger partial charge < -0.3 is 33.5 Å². The maximum absolute atomic E-state index is 12.8. The largest absolute Gasteiger partial charge is 0.493 e. The Kier molecular flexibility index (Phi) is 7.44. The van der Waals surface area contributed by atoms with Crippen LogP contribution in [0.1, 0.15) is 17.5 Å². The number of hydrogen-bond acceptors (Lipinski definition) is 7. The lowest BCUT2D eigenvalue weighted by molar-refractivity contribution is -0.130. The molecule has 0 radical (unpaired) electrons. The van der Waals surface area contributed by atoms with Gasteiger partial charge in [-0.3, -0.25) is 4.79 Å². The molecule has 4 rings (SSSR count). The highest BCUT2D eigenvalue weighted by Gasteiger charge is 2.22. The zero-order chi connectivity index (χ0) is 23.2. The molecule has 0 saturated carbocycles. The van der Waals surface area contributed by atoms with E-state index in [0.29, 0.717) is 24.5 Å². The molecule has 0 aliphatic carbocycles. The Morgan fingerprint density at radius 1 is 1.00 bits per heavy atom. The third kappa shape index (κ3) is 5.63. The molecule has 1 amide bonds. The van der Waals surface area contributed by atoms with Gasteiger partial charge in [0.15, 0.2) is 23.0 Å². The molecule has 0 saturated heterocycles. The van der Waals surface area contributed by atoms with Gasteiger partial charge in [-0.1, -0.05) is 0 Å². The summed E-state index contributed by atoms with van der Waals surface area (Å²) < 4.78 is 27.4. The molecule has 2 aromatic rings. The van der Waals surface area contributed by atoms with Gasteiger partial charge in [0.05, 0.1) is 20.6 Å². The van der Waals surface area contributed by atoms with Gasteiger partial charge in [0.25, 0.3) is 0 Å². The van der Waals surface area contributed by atoms with Crippen molar-refractivity contribution in [2.45, 2.75) is 19.3 Å². The summed E-state index contributed by atoms with van der Waals surface area (Å²) in [5.41, 5.74) is 2.18. The molecule has 2 aromatic carbocycles. The van der Waals surface area contributed by atoms with Crippen molar-refractivity contribution in [3.05, 3.63) is 41.5 Å². The van der Waals surface area contributed by atoms with Gasteiger partial charge in [-0.15, -0.1) is 0 Å². The Bertz CT molecular complexity index is 980. The molecule has 0 fully saturated rings. The molecule has 0 aromatic heterocycles. The first kappa shape index (κ1) is 23.0. The van der Waals surface area contributed by atoms with Crippen LogP contribution < -0.4 is 23.7 Å². The number of carbonyl (C=O) groups is 1. The maximum Gasteiger partial charge on any atom is 0.231 e. The summed E-state index contributed by atoms with van der Waals surface area (Å²) in [4.78, 5) is 17.0. The average Bonchev–Trinajstić information content (AvgIpc) is 3.23. The third-order valence-corrected chi connectivity index (χ3v) is 6.10. The smallest absolute Gasteiger partial charge is 0.231 e. The number of hydrogen-bond donors (Lipinski definition) is 0. The van der Waals surface area contributed by atoms with E-state index >= 15 is 0 Å². The van der Waals surface area contributed by atoms with E-state index < -0.39 is 0 Å². The normalized spacial score (nSPS) is 14.8. The van der Waals surface area contributed by atoms with Crippen molar-refractivity contribution in [3.8, 4) is 28.7 Å². The van der Waals surface area contributed by atoms with E-state index in [1.165, 1.54) is 0 Å². The summed E-state index contributed by atoms with van der Waals surface area (Å²) in [6.07, 6.45) is 2.13. The van der Waals surface area contributed by atoms with Gasteiger partial charge >= 0.3 is 0 Å². The zero-order valence-electron chi connectivity index (χ0n) is 19.6. The minimum absolute atomic E-state index is 0.162. The number of amides is 1. The first-order chi connectivity index (χ1) is 16.1. The molecule has 0 atom stereocenters. The standard InChI is InChI=1S/C25H32N2O6/c1-26(11-12-31-20-5-6-21-24(16-20)33-17-32-21)8-4-9-27-10-7-18-13-22(29-2)23(30-3)14-19(18)15-25(27)28/h5-6,13-14,16H,4,7-12,15,17H2,1-3H3. The molecule has 2 aliphatic heterocycles. The van der Waals surface area contributed by atoms with Crippen LogP contribution in [0.5, 0.6) is 28.7 Å². The van der Waals surface area contributed by atoms with E-state index in [1.54, 1.807) is 14.2 Å². The van der Waals surface area contributed by atoms with Crippen LogP contribution in [0, 0.1) is 0 Å². The number of benzene rings is 2. The Hall–Kier alpha value is -3.13. The first-order valence-corrected chi connectivity index (χ1v) is 11.3. The summed E-state index contributed by atoms with van der Waals surface area (Å²) in [6.45, 7) is 4.00. The quantitative estimate of drug-likeness (QED) is 0.545. The highest BCUT2D eigenvalue weighted by Crippen LogP contribution is 2.35. The summed E-state index contributed by atoms with van der Waals surface area (Å²) >= 11 is 0. The minimum Gasteiger partial charge on any atom is -0.493 e. The lowest BCUT2D eigenvalue weighted by atomic mass is 10.0. The summed E-state index contributed by atoms with van der Waals surface area (Å²) in [7, 11) is 5.32. The molecule has 2 aliphatic rings. The van der Waals surface area contributed by atoms with E-state index in [1.807, 2.05) is 35.2 Å². The second-order valence-electron chi connectivity index (χ2n) is 8.30. The topological polar surface area (TPSA) is 69.7 Å². The summed E-state index contributed by atoms with van der Waals surface area (Å²) in [5.74, 6) is 3.79. The van der Waals surface area contributed by atoms with Crippen LogP contribution in [-0.4, -0.2) is 76.6 Å². The van der Waals surface area contributed by atoms with Crippen molar-refractivity contribution in [2.75, 3.05) is 60.8 Å². The second kappa shape index (κ2) is 10.7. The molecule has 2 heterocycles. The van der Waals surface area contributed by atoms with Crippen LogP contribution in [0.25, 0.3) is 0 Å². The van der Waals surface area contributed by atoms with Gasteiger partial charge in [0, 0.05) is 25.7 Å². The van der Waals surface area contributed by atoms with Gasteiger partial charge in [0.2, 0.25) is 12.7 Å². The molecule has 0 N–H and O–H groups in total. The van der Waals surface area contributed by atoms with Crippen LogP contribution in [0.3, 0.4) is 0 Å². The number of likely N-dealkylation sites (N-methyl/N-ethyl adjacent to an activating group) is 1. The Morgan fingerprint density at radius 2 is 1.76 bits per heavy atom. The number of fused-ring (bicyclic) bond motifs is 2. The number of methoxy groups -OCH3 is 2. The molecule has 0 bridgehead atoms. The van der Waals surface area contributed by atoms with Crippen LogP contribution in [-0.2, 0) is 17.6 Å². The number of nitrogens with zero attached hydrogens (tertiary/aromatic N) is 2. The predicted molar refractivity (Wildman–Crippen MR) is 124 cm³/mol. The minimum atomic E-state index is 0.162. The van der Waals surface area contributed by atoms with Crippen molar-refractivity contribution < 1.29 is 28.5 Å². The monoisotopic (exact) mass is 456 g/mol. The van der Waals surface area contributed by atoms with Crippen molar-refractivity contribution in [1.29, 1.82) is 0 Å². The second-order valence-corrected chi connectivity index (χ2v) is 8.30. The highest BCUT2D eigenvalue weighted by molar-refractivity contribution is 5.80. The van der Waals surface area contributed by atoms with Crippen molar-refractivity contribution in [3.63, 3.8) is 0 Å². The van der Waals surface area contributed by atoms with Gasteiger partial charge in [0.1, 0.15) is 12.4 Å². The third-order valence-electron chi connectivity index (χ3n) is 6.10. The SMILES string of the molecule is COc1cc2c(cc1OC)CC(=O)N(CCCN(C)CCOc1ccc3c(c1)OCO3)CC2. The maximum atomic E-state index is 12.8. The Balaban J connectivity index is 1.20. The predicted octanol–water partition coefficient (Wildman–Crippen LogP) is 2.76. The number of carbonyl (C=O) groups excluding carboxylic acids is 1. The highest BCUT2D eigenvalue weighted by atomic mass is 16.7. The van der Waals surface area contributed by atoms with Crippen molar-refractivity contribution in [1.82, 2.24) is 9.80 Å². The summed E-state index contributed by atoms with van der Waals surface area (Å²) in [6, 6.07) is 9.55. The fourth-order valence-corrected chi connectivity index (χ4v) is 4.18. The fraction of sp³-hybridized carbons (Fsp3) is 0.480. The molecular formula is C25H32N2O6. The molecule has 33 heavy (non-hydrogen) atoms. The van der Waals surface area contributed by atoms with E-state index in [2.05, 4.69) is 11.9 Å². The van der Waals surface area contributed by atoms with Gasteiger partial charge in [-0.05, 0) is 61.8 Å². The summed E-state index contributed by atoms with van der Waals surface area (Å²) in [5, 5.41) is 0. The first-order valence-electron chi connectivity index (χ1n) is 11.3. The number of rotatable bonds is 10. The van der Waals surface area contributed by atoms with Crippen LogP contribution in [0.4, 0.5) is 0 Å². The average molecular weight is 457 g/mol.